The molecule has 0 heterocycles. The minimum Gasteiger partial charge on any atom is -0.397 e. The third-order valence-electron chi connectivity index (χ3n) is 3.36. The van der Waals surface area contributed by atoms with Crippen molar-refractivity contribution in [3.63, 3.8) is 0 Å². The Balaban J connectivity index is 2.44. The van der Waals surface area contributed by atoms with Gasteiger partial charge in [-0.1, -0.05) is 12.1 Å². The van der Waals surface area contributed by atoms with E-state index in [2.05, 4.69) is 19.2 Å². The fraction of sp³-hybridized carbons (Fsp3) is 0.200. The van der Waals surface area contributed by atoms with E-state index in [1.165, 1.54) is 17.2 Å². The van der Waals surface area contributed by atoms with E-state index >= 15 is 0 Å². The van der Waals surface area contributed by atoms with Gasteiger partial charge in [0.25, 0.3) is 0 Å². The van der Waals surface area contributed by atoms with Gasteiger partial charge in [-0.25, -0.2) is 4.39 Å². The van der Waals surface area contributed by atoms with E-state index in [4.69, 9.17) is 5.73 Å². The van der Waals surface area contributed by atoms with Crippen molar-refractivity contribution in [2.45, 2.75) is 20.8 Å². The Hall–Kier alpha value is -2.03. The van der Waals surface area contributed by atoms with E-state index < -0.39 is 0 Å². The number of nitrogens with two attached hydrogens (primary N) is 1. The minimum absolute atomic E-state index is 0.337. The monoisotopic (exact) mass is 244 g/mol. The molecule has 0 atom stereocenters. The molecule has 0 saturated carbocycles. The van der Waals surface area contributed by atoms with Crippen molar-refractivity contribution < 1.29 is 4.39 Å². The Labute approximate surface area is 107 Å². The van der Waals surface area contributed by atoms with Gasteiger partial charge >= 0.3 is 0 Å². The normalized spacial score (nSPS) is 10.4. The fourth-order valence-electron chi connectivity index (χ4n) is 1.90. The molecule has 2 rings (SSSR count). The van der Waals surface area contributed by atoms with E-state index in [9.17, 15) is 4.39 Å². The maximum absolute atomic E-state index is 13.7. The van der Waals surface area contributed by atoms with Gasteiger partial charge in [-0.15, -0.1) is 0 Å². The van der Waals surface area contributed by atoms with E-state index in [1.807, 2.05) is 19.1 Å². The summed E-state index contributed by atoms with van der Waals surface area (Å²) in [6.07, 6.45) is 0. The van der Waals surface area contributed by atoms with Crippen molar-refractivity contribution in [2.24, 2.45) is 0 Å². The molecule has 0 saturated heterocycles. The molecule has 18 heavy (non-hydrogen) atoms. The van der Waals surface area contributed by atoms with E-state index in [0.717, 1.165) is 11.3 Å². The molecule has 0 aliphatic rings. The number of rotatable bonds is 2. The number of hydrogen-bond acceptors (Lipinski definition) is 2. The van der Waals surface area contributed by atoms with Crippen LogP contribution in [-0.2, 0) is 0 Å². The van der Waals surface area contributed by atoms with Crippen molar-refractivity contribution in [1.82, 2.24) is 0 Å². The Morgan fingerprint density at radius 1 is 1.00 bits per heavy atom. The van der Waals surface area contributed by atoms with Crippen LogP contribution in [0.5, 0.6) is 0 Å². The SMILES string of the molecule is Cc1ccc(Nc2c(N)cccc2F)c(C)c1C. The maximum atomic E-state index is 13.7. The highest BCUT2D eigenvalue weighted by Gasteiger charge is 2.09. The van der Waals surface area contributed by atoms with Gasteiger partial charge in [-0.2, -0.15) is 0 Å². The van der Waals surface area contributed by atoms with Crippen LogP contribution in [-0.4, -0.2) is 0 Å². The van der Waals surface area contributed by atoms with Crippen LogP contribution in [0.25, 0.3) is 0 Å². The van der Waals surface area contributed by atoms with Gasteiger partial charge < -0.3 is 11.1 Å². The summed E-state index contributed by atoms with van der Waals surface area (Å²) in [6, 6.07) is 8.64. The molecule has 0 unspecified atom stereocenters. The van der Waals surface area contributed by atoms with Gasteiger partial charge in [-0.05, 0) is 55.7 Å². The van der Waals surface area contributed by atoms with Crippen molar-refractivity contribution in [1.29, 1.82) is 0 Å². The molecular weight excluding hydrogens is 227 g/mol. The number of anilines is 3. The molecule has 2 aromatic carbocycles. The van der Waals surface area contributed by atoms with E-state index in [1.54, 1.807) is 12.1 Å². The number of halogens is 1. The number of aryl methyl sites for hydroxylation is 1. The molecular formula is C15H17FN2. The lowest BCUT2D eigenvalue weighted by Crippen LogP contribution is -2.01. The molecule has 0 spiro atoms. The predicted octanol–water partition coefficient (Wildman–Crippen LogP) is 4.08. The number of para-hydroxylation sites is 1. The lowest BCUT2D eigenvalue weighted by Gasteiger charge is -2.15. The van der Waals surface area contributed by atoms with Gasteiger partial charge in [-0.3, -0.25) is 0 Å². The van der Waals surface area contributed by atoms with Crippen molar-refractivity contribution in [2.75, 3.05) is 11.1 Å². The first-order valence-corrected chi connectivity index (χ1v) is 5.88. The molecule has 0 aliphatic heterocycles. The first-order chi connectivity index (χ1) is 8.50. The first kappa shape index (κ1) is 12.4. The fourth-order valence-corrected chi connectivity index (χ4v) is 1.90. The van der Waals surface area contributed by atoms with Gasteiger partial charge in [0, 0.05) is 5.69 Å². The van der Waals surface area contributed by atoms with Crippen LogP contribution in [0.4, 0.5) is 21.5 Å². The third-order valence-corrected chi connectivity index (χ3v) is 3.36. The summed E-state index contributed by atoms with van der Waals surface area (Å²) in [6.45, 7) is 6.13. The molecule has 0 fully saturated rings. The average Bonchev–Trinajstić information content (AvgIpc) is 2.34. The van der Waals surface area contributed by atoms with Crippen LogP contribution in [0.15, 0.2) is 30.3 Å². The predicted molar refractivity (Wildman–Crippen MR) is 74.7 cm³/mol. The Bertz CT molecular complexity index is 571. The van der Waals surface area contributed by atoms with Crippen molar-refractivity contribution >= 4 is 17.1 Å². The van der Waals surface area contributed by atoms with Crippen molar-refractivity contribution in [3.05, 3.63) is 52.8 Å². The summed E-state index contributed by atoms with van der Waals surface area (Å²) in [5.41, 5.74) is 11.0. The summed E-state index contributed by atoms with van der Waals surface area (Å²) < 4.78 is 13.7. The largest absolute Gasteiger partial charge is 0.397 e. The summed E-state index contributed by atoms with van der Waals surface area (Å²) in [5.74, 6) is -0.340. The number of benzene rings is 2. The highest BCUT2D eigenvalue weighted by molar-refractivity contribution is 5.75. The number of hydrogen-bond donors (Lipinski definition) is 2. The zero-order valence-electron chi connectivity index (χ0n) is 10.8. The van der Waals surface area contributed by atoms with Gasteiger partial charge in [0.05, 0.1) is 11.4 Å². The molecule has 0 aliphatic carbocycles. The number of nitrogen functional groups attached to an aromatic ring is 1. The third kappa shape index (κ3) is 2.16. The van der Waals surface area contributed by atoms with Crippen LogP contribution in [0, 0.1) is 26.6 Å². The molecule has 0 amide bonds. The van der Waals surface area contributed by atoms with Crippen LogP contribution in [0.3, 0.4) is 0 Å². The number of nitrogens with one attached hydrogen (secondary N) is 1. The molecule has 3 N–H and O–H groups in total. The summed E-state index contributed by atoms with van der Waals surface area (Å²) in [7, 11) is 0. The molecule has 2 aromatic rings. The zero-order valence-corrected chi connectivity index (χ0v) is 10.8. The highest BCUT2D eigenvalue weighted by Crippen LogP contribution is 2.29. The van der Waals surface area contributed by atoms with Crippen LogP contribution < -0.4 is 11.1 Å². The molecule has 94 valence electrons. The lowest BCUT2D eigenvalue weighted by molar-refractivity contribution is 0.632. The first-order valence-electron chi connectivity index (χ1n) is 5.88. The maximum Gasteiger partial charge on any atom is 0.148 e. The summed E-state index contributed by atoms with van der Waals surface area (Å²) in [4.78, 5) is 0. The molecule has 0 bridgehead atoms. The second-order valence-corrected chi connectivity index (χ2v) is 4.51. The van der Waals surface area contributed by atoms with Gasteiger partial charge in [0.2, 0.25) is 0 Å². The summed E-state index contributed by atoms with van der Waals surface area (Å²) in [5, 5.41) is 3.08. The zero-order chi connectivity index (χ0) is 13.3. The van der Waals surface area contributed by atoms with Crippen LogP contribution in [0.2, 0.25) is 0 Å². The molecule has 3 heteroatoms. The Kier molecular flexibility index (Phi) is 3.24. The van der Waals surface area contributed by atoms with E-state index in [0.29, 0.717) is 11.4 Å². The lowest BCUT2D eigenvalue weighted by atomic mass is 10.0. The topological polar surface area (TPSA) is 38.0 Å². The second-order valence-electron chi connectivity index (χ2n) is 4.51. The van der Waals surface area contributed by atoms with Gasteiger partial charge in [0.15, 0.2) is 0 Å². The smallest absolute Gasteiger partial charge is 0.148 e. The Morgan fingerprint density at radius 2 is 1.72 bits per heavy atom. The van der Waals surface area contributed by atoms with Crippen LogP contribution >= 0.6 is 0 Å². The molecule has 0 aromatic heterocycles. The summed E-state index contributed by atoms with van der Waals surface area (Å²) >= 11 is 0. The standard InChI is InChI=1S/C15H17FN2/c1-9-7-8-14(11(3)10(9)2)18-15-12(16)5-4-6-13(15)17/h4-8,18H,17H2,1-3H3. The molecule has 2 nitrogen and oxygen atoms in total. The van der Waals surface area contributed by atoms with Crippen molar-refractivity contribution in [3.8, 4) is 0 Å². The quantitative estimate of drug-likeness (QED) is 0.781. The molecule has 0 radical (unpaired) electrons. The second kappa shape index (κ2) is 4.69. The Morgan fingerprint density at radius 3 is 2.39 bits per heavy atom. The van der Waals surface area contributed by atoms with Crippen LogP contribution in [0.1, 0.15) is 16.7 Å². The van der Waals surface area contributed by atoms with E-state index in [-0.39, 0.29) is 5.82 Å². The minimum atomic E-state index is -0.340. The average molecular weight is 244 g/mol. The van der Waals surface area contributed by atoms with Gasteiger partial charge in [0.1, 0.15) is 5.82 Å². The highest BCUT2D eigenvalue weighted by atomic mass is 19.1.